The predicted molar refractivity (Wildman–Crippen MR) is 49.6 cm³/mol. The van der Waals surface area contributed by atoms with Crippen LogP contribution in [0.25, 0.3) is 0 Å². The van der Waals surface area contributed by atoms with Crippen molar-refractivity contribution in [3.8, 4) is 0 Å². The van der Waals surface area contributed by atoms with Crippen molar-refractivity contribution >= 4 is 17.6 Å². The minimum Gasteiger partial charge on any atom is -0.311 e. The minimum absolute atomic E-state index is 0.281. The largest absolute Gasteiger partial charge is 0.311 e. The Hall–Kier alpha value is -0.740. The lowest BCUT2D eigenvalue weighted by atomic mass is 10.2. The number of thiazole rings is 1. The molecule has 0 bridgehead atoms. The summed E-state index contributed by atoms with van der Waals surface area (Å²) in [5.41, 5.74) is 0.531. The standard InChI is InChI=1S/C8H12N2OS/c1-3-7(9-2)8-10-6(4-11)5-12-8/h4-5,7,9H,3H2,1-2H3/t7-/m1/s1. The summed E-state index contributed by atoms with van der Waals surface area (Å²) in [6.45, 7) is 2.09. The molecule has 1 rings (SSSR count). The van der Waals surface area contributed by atoms with Crippen LogP contribution in [0.1, 0.15) is 34.9 Å². The van der Waals surface area contributed by atoms with Gasteiger partial charge in [0.1, 0.15) is 10.7 Å². The van der Waals surface area contributed by atoms with Crippen molar-refractivity contribution in [2.24, 2.45) is 0 Å². The summed E-state index contributed by atoms with van der Waals surface area (Å²) in [6.07, 6.45) is 1.77. The van der Waals surface area contributed by atoms with Crippen LogP contribution < -0.4 is 5.32 Å². The molecular weight excluding hydrogens is 172 g/mol. The van der Waals surface area contributed by atoms with Gasteiger partial charge in [0, 0.05) is 5.38 Å². The number of hydrogen-bond acceptors (Lipinski definition) is 4. The maximum atomic E-state index is 10.3. The fraction of sp³-hybridized carbons (Fsp3) is 0.500. The lowest BCUT2D eigenvalue weighted by molar-refractivity contribution is 0.111. The summed E-state index contributed by atoms with van der Waals surface area (Å²) in [4.78, 5) is 14.5. The monoisotopic (exact) mass is 184 g/mol. The van der Waals surface area contributed by atoms with Gasteiger partial charge in [-0.3, -0.25) is 4.79 Å². The fourth-order valence-corrected chi connectivity index (χ4v) is 1.97. The van der Waals surface area contributed by atoms with Crippen molar-refractivity contribution in [2.75, 3.05) is 7.05 Å². The molecule has 4 heteroatoms. The van der Waals surface area contributed by atoms with Crippen LogP contribution >= 0.6 is 11.3 Å². The Balaban J connectivity index is 2.79. The van der Waals surface area contributed by atoms with E-state index in [0.717, 1.165) is 17.7 Å². The summed E-state index contributed by atoms with van der Waals surface area (Å²) in [5.74, 6) is 0. The lowest BCUT2D eigenvalue weighted by Gasteiger charge is -2.08. The first kappa shape index (κ1) is 9.35. The Bertz CT molecular complexity index is 255. The maximum absolute atomic E-state index is 10.3. The highest BCUT2D eigenvalue weighted by molar-refractivity contribution is 7.09. The van der Waals surface area contributed by atoms with Crippen molar-refractivity contribution in [1.29, 1.82) is 0 Å². The Morgan fingerprint density at radius 2 is 2.58 bits per heavy atom. The van der Waals surface area contributed by atoms with E-state index in [9.17, 15) is 4.79 Å². The molecule has 0 aliphatic rings. The number of nitrogens with one attached hydrogen (secondary N) is 1. The Kier molecular flexibility index (Phi) is 3.37. The van der Waals surface area contributed by atoms with Gasteiger partial charge in [0.2, 0.25) is 0 Å². The molecule has 1 aromatic heterocycles. The number of aldehydes is 1. The number of carbonyl (C=O) groups excluding carboxylic acids is 1. The first-order valence-corrected chi connectivity index (χ1v) is 4.77. The second-order valence-corrected chi connectivity index (χ2v) is 3.37. The summed E-state index contributed by atoms with van der Waals surface area (Å²) in [6, 6.07) is 0.281. The van der Waals surface area contributed by atoms with Crippen molar-refractivity contribution in [3.63, 3.8) is 0 Å². The molecule has 0 saturated heterocycles. The molecule has 0 aliphatic carbocycles. The van der Waals surface area contributed by atoms with Gasteiger partial charge in [0.05, 0.1) is 6.04 Å². The third-order valence-electron chi connectivity index (χ3n) is 1.72. The van der Waals surface area contributed by atoms with Crippen molar-refractivity contribution in [1.82, 2.24) is 10.3 Å². The molecule has 0 aromatic carbocycles. The molecule has 1 atom stereocenters. The summed E-state index contributed by atoms with van der Waals surface area (Å²) in [5, 5.41) is 5.91. The molecule has 0 amide bonds. The topological polar surface area (TPSA) is 42.0 Å². The van der Waals surface area contributed by atoms with E-state index in [2.05, 4.69) is 17.2 Å². The number of rotatable bonds is 4. The van der Waals surface area contributed by atoms with Gasteiger partial charge in [-0.15, -0.1) is 11.3 Å². The van der Waals surface area contributed by atoms with E-state index >= 15 is 0 Å². The molecule has 66 valence electrons. The number of hydrogen-bond donors (Lipinski definition) is 1. The molecule has 12 heavy (non-hydrogen) atoms. The Labute approximate surface area is 75.8 Å². The van der Waals surface area contributed by atoms with Crippen LogP contribution in [0.2, 0.25) is 0 Å². The molecule has 1 N–H and O–H groups in total. The smallest absolute Gasteiger partial charge is 0.169 e. The van der Waals surface area contributed by atoms with E-state index in [0.29, 0.717) is 5.69 Å². The van der Waals surface area contributed by atoms with Gasteiger partial charge in [0.25, 0.3) is 0 Å². The van der Waals surface area contributed by atoms with Crippen molar-refractivity contribution in [3.05, 3.63) is 16.1 Å². The van der Waals surface area contributed by atoms with Crippen LogP contribution in [-0.2, 0) is 0 Å². The highest BCUT2D eigenvalue weighted by Gasteiger charge is 2.10. The molecule has 0 spiro atoms. The third kappa shape index (κ3) is 1.89. The van der Waals surface area contributed by atoms with Crippen LogP contribution in [0.3, 0.4) is 0 Å². The molecule has 0 fully saturated rings. The SMILES string of the molecule is CC[C@@H](NC)c1nc(C=O)cs1. The van der Waals surface area contributed by atoms with Gasteiger partial charge >= 0.3 is 0 Å². The predicted octanol–water partition coefficient (Wildman–Crippen LogP) is 1.63. The zero-order chi connectivity index (χ0) is 8.97. The molecule has 3 nitrogen and oxygen atoms in total. The molecule has 1 aromatic rings. The molecule has 0 unspecified atom stereocenters. The van der Waals surface area contributed by atoms with Gasteiger partial charge in [0.15, 0.2) is 6.29 Å². The number of carbonyl (C=O) groups is 1. The van der Waals surface area contributed by atoms with E-state index in [1.54, 1.807) is 5.38 Å². The summed E-state index contributed by atoms with van der Waals surface area (Å²) >= 11 is 1.53. The molecule has 1 heterocycles. The van der Waals surface area contributed by atoms with E-state index < -0.39 is 0 Å². The van der Waals surface area contributed by atoms with Crippen molar-refractivity contribution < 1.29 is 4.79 Å². The van der Waals surface area contributed by atoms with Crippen LogP contribution in [-0.4, -0.2) is 18.3 Å². The molecular formula is C8H12N2OS. The second-order valence-electron chi connectivity index (χ2n) is 2.48. The van der Waals surface area contributed by atoms with E-state index in [4.69, 9.17) is 0 Å². The highest BCUT2D eigenvalue weighted by atomic mass is 32.1. The zero-order valence-electron chi connectivity index (χ0n) is 7.20. The van der Waals surface area contributed by atoms with Gasteiger partial charge in [-0.2, -0.15) is 0 Å². The van der Waals surface area contributed by atoms with Crippen LogP contribution in [0.4, 0.5) is 0 Å². The van der Waals surface area contributed by atoms with Gasteiger partial charge in [-0.25, -0.2) is 4.98 Å². The van der Waals surface area contributed by atoms with Crippen LogP contribution in [0.15, 0.2) is 5.38 Å². The summed E-state index contributed by atoms with van der Waals surface area (Å²) < 4.78 is 0. The van der Waals surface area contributed by atoms with E-state index in [-0.39, 0.29) is 6.04 Å². The molecule has 0 saturated carbocycles. The Morgan fingerprint density at radius 1 is 1.83 bits per heavy atom. The lowest BCUT2D eigenvalue weighted by Crippen LogP contribution is -2.14. The quantitative estimate of drug-likeness (QED) is 0.723. The second kappa shape index (κ2) is 4.33. The van der Waals surface area contributed by atoms with Crippen molar-refractivity contribution in [2.45, 2.75) is 19.4 Å². The van der Waals surface area contributed by atoms with Gasteiger partial charge in [-0.05, 0) is 13.5 Å². The fourth-order valence-electron chi connectivity index (χ4n) is 1.02. The average molecular weight is 184 g/mol. The first-order valence-electron chi connectivity index (χ1n) is 3.89. The molecule has 0 aliphatic heterocycles. The number of aromatic nitrogens is 1. The minimum atomic E-state index is 0.281. The van der Waals surface area contributed by atoms with Crippen LogP contribution in [0.5, 0.6) is 0 Å². The highest BCUT2D eigenvalue weighted by Crippen LogP contribution is 2.19. The molecule has 0 radical (unpaired) electrons. The third-order valence-corrected chi connectivity index (χ3v) is 2.69. The summed E-state index contributed by atoms with van der Waals surface area (Å²) in [7, 11) is 1.90. The van der Waals surface area contributed by atoms with Crippen LogP contribution in [0, 0.1) is 0 Å². The average Bonchev–Trinajstić information content (AvgIpc) is 2.55. The van der Waals surface area contributed by atoms with E-state index in [1.807, 2.05) is 7.05 Å². The van der Waals surface area contributed by atoms with E-state index in [1.165, 1.54) is 11.3 Å². The number of nitrogens with zero attached hydrogens (tertiary/aromatic N) is 1. The normalized spacial score (nSPS) is 12.8. The zero-order valence-corrected chi connectivity index (χ0v) is 8.02. The van der Waals surface area contributed by atoms with Gasteiger partial charge < -0.3 is 5.32 Å². The van der Waals surface area contributed by atoms with Gasteiger partial charge in [-0.1, -0.05) is 6.92 Å². The maximum Gasteiger partial charge on any atom is 0.169 e. The Morgan fingerprint density at radius 3 is 3.00 bits per heavy atom. The first-order chi connectivity index (χ1) is 5.81.